The summed E-state index contributed by atoms with van der Waals surface area (Å²) in [4.78, 5) is 35.2. The zero-order valence-electron chi connectivity index (χ0n) is 17.8. The van der Waals surface area contributed by atoms with Crippen LogP contribution in [-0.2, 0) is 14.3 Å². The van der Waals surface area contributed by atoms with E-state index in [0.717, 1.165) is 11.1 Å². The average Bonchev–Trinajstić information content (AvgIpc) is 3.08. The third-order valence-corrected chi connectivity index (χ3v) is 5.55. The fourth-order valence-electron chi connectivity index (χ4n) is 3.87. The molecule has 0 aromatic heterocycles. The number of ether oxygens (including phenoxy) is 1. The van der Waals surface area contributed by atoms with Crippen molar-refractivity contribution in [2.45, 2.75) is 51.1 Å². The summed E-state index contributed by atoms with van der Waals surface area (Å²) in [5, 5.41) is 14.2. The van der Waals surface area contributed by atoms with Crippen LogP contribution in [0.2, 0.25) is 0 Å². The highest BCUT2D eigenvalue weighted by atomic mass is 16.5. The molecule has 7 nitrogen and oxygen atoms in total. The zero-order chi connectivity index (χ0) is 22.4. The van der Waals surface area contributed by atoms with Crippen molar-refractivity contribution in [3.8, 4) is 11.1 Å². The van der Waals surface area contributed by atoms with Crippen molar-refractivity contribution in [1.82, 2.24) is 10.6 Å². The van der Waals surface area contributed by atoms with Crippen molar-refractivity contribution in [3.63, 3.8) is 0 Å². The molecule has 0 bridgehead atoms. The molecule has 1 unspecified atom stereocenters. The first-order chi connectivity index (χ1) is 14.9. The van der Waals surface area contributed by atoms with Gasteiger partial charge in [-0.25, -0.2) is 9.59 Å². The molecule has 3 N–H and O–H groups in total. The number of nitrogens with one attached hydrogen (secondary N) is 2. The van der Waals surface area contributed by atoms with E-state index >= 15 is 0 Å². The van der Waals surface area contributed by atoms with Crippen molar-refractivity contribution in [3.05, 3.63) is 59.7 Å². The number of carbonyl (C=O) groups is 3. The van der Waals surface area contributed by atoms with Gasteiger partial charge in [0, 0.05) is 18.4 Å². The standard InChI is InChI=1S/C24H28N2O5/c1-3-21(23(28)29)26-22(27)13-12-15(2)25-24(30)31-14-20-18-10-6-4-8-16(18)17-9-5-7-11-19(17)20/h4-11,15,20-21H,3,12-14H2,1-2H3,(H,25,30)(H,26,27)(H,28,29)/t15?,21-/m0/s1. The number of hydrogen-bond acceptors (Lipinski definition) is 4. The fraction of sp³-hybridized carbons (Fsp3) is 0.375. The fourth-order valence-corrected chi connectivity index (χ4v) is 3.87. The molecule has 31 heavy (non-hydrogen) atoms. The first-order valence-electron chi connectivity index (χ1n) is 10.5. The van der Waals surface area contributed by atoms with E-state index in [-0.39, 0.29) is 30.9 Å². The van der Waals surface area contributed by atoms with Gasteiger partial charge in [0.15, 0.2) is 0 Å². The van der Waals surface area contributed by atoms with E-state index in [0.29, 0.717) is 12.8 Å². The molecule has 2 atom stereocenters. The van der Waals surface area contributed by atoms with Crippen molar-refractivity contribution in [1.29, 1.82) is 0 Å². The molecule has 1 aliphatic carbocycles. The second-order valence-electron chi connectivity index (χ2n) is 7.78. The summed E-state index contributed by atoms with van der Waals surface area (Å²) in [6.45, 7) is 3.70. The maximum absolute atomic E-state index is 12.3. The Bertz CT molecular complexity index is 913. The molecule has 0 heterocycles. The number of hydrogen-bond donors (Lipinski definition) is 3. The molecule has 0 radical (unpaired) electrons. The third kappa shape index (κ3) is 5.42. The third-order valence-electron chi connectivity index (χ3n) is 5.55. The lowest BCUT2D eigenvalue weighted by Gasteiger charge is -2.17. The van der Waals surface area contributed by atoms with Crippen molar-refractivity contribution in [2.75, 3.05) is 6.61 Å². The first-order valence-corrected chi connectivity index (χ1v) is 10.5. The summed E-state index contributed by atoms with van der Waals surface area (Å²) in [5.41, 5.74) is 4.62. The van der Waals surface area contributed by atoms with Gasteiger partial charge in [0.1, 0.15) is 12.6 Å². The van der Waals surface area contributed by atoms with E-state index in [1.807, 2.05) is 24.3 Å². The van der Waals surface area contributed by atoms with Crippen LogP contribution in [0.4, 0.5) is 4.79 Å². The number of rotatable bonds is 9. The van der Waals surface area contributed by atoms with Crippen LogP contribution >= 0.6 is 0 Å². The summed E-state index contributed by atoms with van der Waals surface area (Å²) < 4.78 is 5.50. The van der Waals surface area contributed by atoms with E-state index in [9.17, 15) is 14.4 Å². The Balaban J connectivity index is 1.48. The summed E-state index contributed by atoms with van der Waals surface area (Å²) in [5.74, 6) is -1.42. The normalized spacial score (nSPS) is 14.1. The minimum Gasteiger partial charge on any atom is -0.480 e. The minimum absolute atomic E-state index is 0.0128. The quantitative estimate of drug-likeness (QED) is 0.570. The largest absolute Gasteiger partial charge is 0.480 e. The van der Waals surface area contributed by atoms with E-state index in [1.165, 1.54) is 11.1 Å². The Kier molecular flexibility index (Phi) is 7.28. The zero-order valence-corrected chi connectivity index (χ0v) is 17.8. The lowest BCUT2D eigenvalue weighted by molar-refractivity contribution is -0.141. The van der Waals surface area contributed by atoms with Gasteiger partial charge >= 0.3 is 12.1 Å². The molecule has 0 saturated carbocycles. The highest BCUT2D eigenvalue weighted by Gasteiger charge is 2.29. The number of benzene rings is 2. The van der Waals surface area contributed by atoms with Gasteiger partial charge in [-0.15, -0.1) is 0 Å². The van der Waals surface area contributed by atoms with Gasteiger partial charge in [0.25, 0.3) is 0 Å². The Morgan fingerprint density at radius 3 is 2.13 bits per heavy atom. The Morgan fingerprint density at radius 1 is 1.00 bits per heavy atom. The lowest BCUT2D eigenvalue weighted by atomic mass is 9.98. The van der Waals surface area contributed by atoms with Gasteiger partial charge in [-0.1, -0.05) is 55.5 Å². The molecule has 164 valence electrons. The van der Waals surface area contributed by atoms with Crippen LogP contribution in [0.5, 0.6) is 0 Å². The van der Waals surface area contributed by atoms with Gasteiger partial charge in [0.2, 0.25) is 5.91 Å². The van der Waals surface area contributed by atoms with E-state index in [2.05, 4.69) is 34.9 Å². The van der Waals surface area contributed by atoms with Crippen LogP contribution in [0, 0.1) is 0 Å². The number of aliphatic carboxylic acids is 1. The summed E-state index contributed by atoms with van der Waals surface area (Å²) >= 11 is 0. The minimum atomic E-state index is -1.05. The van der Waals surface area contributed by atoms with Crippen molar-refractivity contribution >= 4 is 18.0 Å². The van der Waals surface area contributed by atoms with Crippen molar-refractivity contribution < 1.29 is 24.2 Å². The SMILES string of the molecule is CC[C@H](NC(=O)CCC(C)NC(=O)OCC1c2ccccc2-c2ccccc21)C(=O)O. The molecular formula is C24H28N2O5. The van der Waals surface area contributed by atoms with Gasteiger partial charge in [0.05, 0.1) is 0 Å². The van der Waals surface area contributed by atoms with E-state index < -0.39 is 18.1 Å². The maximum Gasteiger partial charge on any atom is 0.407 e. The molecule has 1 aliphatic rings. The Hall–Kier alpha value is -3.35. The van der Waals surface area contributed by atoms with Crippen LogP contribution in [0.15, 0.2) is 48.5 Å². The molecule has 2 aromatic rings. The van der Waals surface area contributed by atoms with Crippen molar-refractivity contribution in [2.24, 2.45) is 0 Å². The number of carboxylic acids is 1. The highest BCUT2D eigenvalue weighted by molar-refractivity contribution is 5.83. The summed E-state index contributed by atoms with van der Waals surface area (Å²) in [6, 6.07) is 15.1. The molecule has 7 heteroatoms. The number of amides is 2. The Morgan fingerprint density at radius 2 is 1.58 bits per heavy atom. The molecule has 0 fully saturated rings. The summed E-state index contributed by atoms with van der Waals surface area (Å²) in [6.07, 6.45) is 0.279. The topological polar surface area (TPSA) is 105 Å². The molecule has 2 aromatic carbocycles. The van der Waals surface area contributed by atoms with Gasteiger partial charge < -0.3 is 20.5 Å². The number of carboxylic acid groups (broad SMARTS) is 1. The average molecular weight is 424 g/mol. The molecular weight excluding hydrogens is 396 g/mol. The predicted octanol–water partition coefficient (Wildman–Crippen LogP) is 3.67. The van der Waals surface area contributed by atoms with Crippen LogP contribution in [-0.4, -0.2) is 41.8 Å². The molecule has 0 saturated heterocycles. The molecule has 0 spiro atoms. The van der Waals surface area contributed by atoms with E-state index in [1.54, 1.807) is 13.8 Å². The van der Waals surface area contributed by atoms with Gasteiger partial charge in [-0.2, -0.15) is 0 Å². The predicted molar refractivity (Wildman–Crippen MR) is 117 cm³/mol. The maximum atomic E-state index is 12.3. The number of alkyl carbamates (subject to hydrolysis) is 1. The lowest BCUT2D eigenvalue weighted by Crippen LogP contribution is -2.41. The highest BCUT2D eigenvalue weighted by Crippen LogP contribution is 2.44. The first kappa shape index (κ1) is 22.3. The Labute approximate surface area is 181 Å². The van der Waals surface area contributed by atoms with Crippen LogP contribution in [0.3, 0.4) is 0 Å². The second-order valence-corrected chi connectivity index (χ2v) is 7.78. The molecule has 3 rings (SSSR count). The molecule has 2 amide bonds. The number of fused-ring (bicyclic) bond motifs is 3. The van der Waals surface area contributed by atoms with Crippen LogP contribution in [0.25, 0.3) is 11.1 Å². The van der Waals surface area contributed by atoms with Gasteiger partial charge in [-0.3, -0.25) is 4.79 Å². The van der Waals surface area contributed by atoms with Crippen LogP contribution in [0.1, 0.15) is 50.2 Å². The van der Waals surface area contributed by atoms with E-state index in [4.69, 9.17) is 9.84 Å². The second kappa shape index (κ2) is 10.1. The van der Waals surface area contributed by atoms with Gasteiger partial charge in [-0.05, 0) is 42.0 Å². The van der Waals surface area contributed by atoms with Crippen LogP contribution < -0.4 is 10.6 Å². The molecule has 0 aliphatic heterocycles. The smallest absolute Gasteiger partial charge is 0.407 e. The summed E-state index contributed by atoms with van der Waals surface area (Å²) in [7, 11) is 0. The monoisotopic (exact) mass is 424 g/mol. The number of carbonyl (C=O) groups excluding carboxylic acids is 2.